The first-order valence-electron chi connectivity index (χ1n) is 2.75. The molecule has 9 heavy (non-hydrogen) atoms. The number of rotatable bonds is 1. The van der Waals surface area contributed by atoms with Gasteiger partial charge in [0.2, 0.25) is 6.41 Å². The molecule has 0 spiro atoms. The minimum atomic E-state index is -0.0677. The van der Waals surface area contributed by atoms with Gasteiger partial charge in [0.25, 0.3) is 0 Å². The molecule has 0 radical (unpaired) electrons. The summed E-state index contributed by atoms with van der Waals surface area (Å²) in [6.07, 6.45) is 2.63. The number of nitrogens with zero attached hydrogens (tertiary/aromatic N) is 1. The normalized spacial score (nSPS) is 22.7. The van der Waals surface area contributed by atoms with Gasteiger partial charge in [-0.2, -0.15) is 0 Å². The van der Waals surface area contributed by atoms with E-state index in [4.69, 9.17) is 0 Å². The first-order chi connectivity index (χ1) is 4.17. The average molecular weight is 143 g/mol. The van der Waals surface area contributed by atoms with Crippen molar-refractivity contribution in [1.29, 1.82) is 0 Å². The fraction of sp³-hybridized carbons (Fsp3) is 0.500. The van der Waals surface area contributed by atoms with Crippen molar-refractivity contribution in [1.82, 2.24) is 4.90 Å². The van der Waals surface area contributed by atoms with Crippen LogP contribution in [0.4, 0.5) is 0 Å². The molecule has 0 aliphatic carbocycles. The lowest BCUT2D eigenvalue weighted by molar-refractivity contribution is -0.117. The maximum Gasteiger partial charge on any atom is 0.214 e. The second-order valence-electron chi connectivity index (χ2n) is 2.36. The summed E-state index contributed by atoms with van der Waals surface area (Å²) in [4.78, 5) is 11.9. The number of carbonyl (C=O) groups is 1. The highest BCUT2D eigenvalue weighted by Gasteiger charge is 2.27. The minimum Gasteiger partial charge on any atom is -0.306 e. The van der Waals surface area contributed by atoms with Gasteiger partial charge < -0.3 is 4.90 Å². The molecule has 3 heteroatoms. The lowest BCUT2D eigenvalue weighted by Crippen LogP contribution is -2.32. The number of carbonyl (C=O) groups excluding carboxylic acids is 1. The Morgan fingerprint density at radius 3 is 2.56 bits per heavy atom. The zero-order valence-electron chi connectivity index (χ0n) is 5.50. The predicted molar refractivity (Wildman–Crippen MR) is 38.7 cm³/mol. The molecule has 0 fully saturated rings. The van der Waals surface area contributed by atoms with Crippen LogP contribution >= 0.6 is 11.8 Å². The van der Waals surface area contributed by atoms with E-state index in [1.54, 1.807) is 22.9 Å². The van der Waals surface area contributed by atoms with Crippen molar-refractivity contribution < 1.29 is 4.79 Å². The van der Waals surface area contributed by atoms with Crippen molar-refractivity contribution >= 4 is 18.2 Å². The monoisotopic (exact) mass is 143 g/mol. The van der Waals surface area contributed by atoms with E-state index >= 15 is 0 Å². The molecule has 0 unspecified atom stereocenters. The van der Waals surface area contributed by atoms with E-state index < -0.39 is 0 Å². The number of hydrogen-bond donors (Lipinski definition) is 0. The Kier molecular flexibility index (Phi) is 1.53. The van der Waals surface area contributed by atoms with Crippen LogP contribution in [0.3, 0.4) is 0 Å². The number of thioether (sulfide) groups is 1. The Morgan fingerprint density at radius 2 is 2.33 bits per heavy atom. The lowest BCUT2D eigenvalue weighted by Gasteiger charge is -2.25. The topological polar surface area (TPSA) is 20.3 Å². The molecule has 0 aromatic rings. The molecule has 1 rings (SSSR count). The van der Waals surface area contributed by atoms with Crippen molar-refractivity contribution in [2.75, 3.05) is 0 Å². The van der Waals surface area contributed by atoms with Crippen LogP contribution in [0.1, 0.15) is 13.8 Å². The second-order valence-corrected chi connectivity index (χ2v) is 3.87. The van der Waals surface area contributed by atoms with E-state index in [1.165, 1.54) is 0 Å². The highest BCUT2D eigenvalue weighted by Crippen LogP contribution is 2.34. The molecule has 1 aliphatic rings. The maximum absolute atomic E-state index is 10.3. The Morgan fingerprint density at radius 1 is 1.67 bits per heavy atom. The summed E-state index contributed by atoms with van der Waals surface area (Å²) in [5, 5.41) is 1.92. The van der Waals surface area contributed by atoms with Gasteiger partial charge in [-0.15, -0.1) is 11.8 Å². The van der Waals surface area contributed by atoms with Crippen molar-refractivity contribution in [3.8, 4) is 0 Å². The van der Waals surface area contributed by atoms with Crippen LogP contribution in [-0.4, -0.2) is 16.2 Å². The summed E-state index contributed by atoms with van der Waals surface area (Å²) in [7, 11) is 0. The minimum absolute atomic E-state index is 0.0677. The predicted octanol–water partition coefficient (Wildman–Crippen LogP) is 1.40. The summed E-state index contributed by atoms with van der Waals surface area (Å²) in [6.45, 7) is 4.01. The zero-order chi connectivity index (χ0) is 6.91. The van der Waals surface area contributed by atoms with Crippen molar-refractivity contribution in [2.24, 2.45) is 0 Å². The zero-order valence-corrected chi connectivity index (χ0v) is 6.31. The molecule has 50 valence electrons. The highest BCUT2D eigenvalue weighted by atomic mass is 32.2. The molecule has 1 amide bonds. The molecular weight excluding hydrogens is 134 g/mol. The summed E-state index contributed by atoms with van der Waals surface area (Å²) >= 11 is 1.65. The SMILES string of the molecule is CC1(C)SC=CN1C=O. The molecule has 0 aromatic carbocycles. The van der Waals surface area contributed by atoms with Crippen LogP contribution in [0.25, 0.3) is 0 Å². The van der Waals surface area contributed by atoms with Gasteiger partial charge >= 0.3 is 0 Å². The van der Waals surface area contributed by atoms with Gasteiger partial charge in [0, 0.05) is 6.20 Å². The second kappa shape index (κ2) is 2.06. The Labute approximate surface area is 58.9 Å². The molecule has 0 saturated heterocycles. The van der Waals surface area contributed by atoms with E-state index in [9.17, 15) is 4.79 Å². The summed E-state index contributed by atoms with van der Waals surface area (Å²) in [6, 6.07) is 0. The van der Waals surface area contributed by atoms with Gasteiger partial charge in [-0.3, -0.25) is 4.79 Å². The maximum atomic E-state index is 10.3. The van der Waals surface area contributed by atoms with Gasteiger partial charge in [-0.1, -0.05) is 0 Å². The van der Waals surface area contributed by atoms with Crippen LogP contribution < -0.4 is 0 Å². The lowest BCUT2D eigenvalue weighted by atomic mass is 10.3. The van der Waals surface area contributed by atoms with Gasteiger partial charge in [-0.05, 0) is 19.3 Å². The highest BCUT2D eigenvalue weighted by molar-refractivity contribution is 8.03. The first-order valence-corrected chi connectivity index (χ1v) is 3.63. The Bertz CT molecular complexity index is 153. The van der Waals surface area contributed by atoms with Crippen LogP contribution in [0.15, 0.2) is 11.6 Å². The molecule has 2 nitrogen and oxygen atoms in total. The number of hydrogen-bond acceptors (Lipinski definition) is 2. The molecule has 1 aliphatic heterocycles. The molecule has 1 heterocycles. The van der Waals surface area contributed by atoms with Crippen LogP contribution in [-0.2, 0) is 4.79 Å². The largest absolute Gasteiger partial charge is 0.306 e. The Hall–Kier alpha value is -0.440. The fourth-order valence-corrected chi connectivity index (χ4v) is 1.42. The number of amides is 1. The van der Waals surface area contributed by atoms with E-state index in [1.807, 2.05) is 19.3 Å². The summed E-state index contributed by atoms with van der Waals surface area (Å²) in [5.74, 6) is 0. The van der Waals surface area contributed by atoms with Gasteiger partial charge in [0.05, 0.1) is 4.87 Å². The third-order valence-corrected chi connectivity index (χ3v) is 2.36. The summed E-state index contributed by atoms with van der Waals surface area (Å²) in [5.41, 5.74) is 0. The quantitative estimate of drug-likeness (QED) is 0.517. The summed E-state index contributed by atoms with van der Waals surface area (Å²) < 4.78 is 0. The van der Waals surface area contributed by atoms with E-state index in [0.717, 1.165) is 6.41 Å². The van der Waals surface area contributed by atoms with Crippen molar-refractivity contribution in [3.63, 3.8) is 0 Å². The Balaban J connectivity index is 2.71. The molecular formula is C6H9NOS. The van der Waals surface area contributed by atoms with E-state index in [0.29, 0.717) is 0 Å². The molecule has 0 aromatic heterocycles. The molecule has 0 bridgehead atoms. The molecule has 0 saturated carbocycles. The third-order valence-electron chi connectivity index (χ3n) is 1.31. The first kappa shape index (κ1) is 6.68. The van der Waals surface area contributed by atoms with Crippen LogP contribution in [0, 0.1) is 0 Å². The van der Waals surface area contributed by atoms with Gasteiger partial charge in [-0.25, -0.2) is 0 Å². The van der Waals surface area contributed by atoms with Crippen molar-refractivity contribution in [2.45, 2.75) is 18.7 Å². The van der Waals surface area contributed by atoms with Gasteiger partial charge in [0.15, 0.2) is 0 Å². The smallest absolute Gasteiger partial charge is 0.214 e. The third kappa shape index (κ3) is 1.10. The van der Waals surface area contributed by atoms with Crippen LogP contribution in [0.5, 0.6) is 0 Å². The van der Waals surface area contributed by atoms with E-state index in [-0.39, 0.29) is 4.87 Å². The van der Waals surface area contributed by atoms with Crippen LogP contribution in [0.2, 0.25) is 0 Å². The molecule has 0 N–H and O–H groups in total. The van der Waals surface area contributed by atoms with Gasteiger partial charge in [0.1, 0.15) is 0 Å². The molecule has 0 atom stereocenters. The fourth-order valence-electron chi connectivity index (χ4n) is 0.665. The van der Waals surface area contributed by atoms with Crippen molar-refractivity contribution in [3.05, 3.63) is 11.6 Å². The standard InChI is InChI=1S/C6H9NOS/c1-6(2)7(5-8)3-4-9-6/h3-5H,1-2H3. The average Bonchev–Trinajstić information content (AvgIpc) is 2.08. The van der Waals surface area contributed by atoms with E-state index in [2.05, 4.69) is 0 Å².